The van der Waals surface area contributed by atoms with Crippen LogP contribution >= 0.6 is 0 Å². The normalized spacial score (nSPS) is 29.8. The van der Waals surface area contributed by atoms with Crippen LogP contribution in [0.5, 0.6) is 0 Å². The summed E-state index contributed by atoms with van der Waals surface area (Å²) >= 11 is 0. The molecular weight excluding hydrogens is 160 g/mol. The number of aliphatic hydroxyl groups is 1. The van der Waals surface area contributed by atoms with Crippen LogP contribution in [0.4, 0.5) is 0 Å². The van der Waals surface area contributed by atoms with Gasteiger partial charge in [-0.05, 0) is 19.8 Å². The van der Waals surface area contributed by atoms with Crippen molar-refractivity contribution in [3.8, 4) is 0 Å². The molecule has 1 N–H and O–H groups in total. The number of carbonyl (C=O) groups is 1. The van der Waals surface area contributed by atoms with Crippen LogP contribution in [0.15, 0.2) is 0 Å². The summed E-state index contributed by atoms with van der Waals surface area (Å²) in [5.74, 6) is -0.315. The third kappa shape index (κ3) is 2.46. The smallest absolute Gasteiger partial charge is 0.335 e. The van der Waals surface area contributed by atoms with Gasteiger partial charge in [-0.3, -0.25) is 0 Å². The Labute approximate surface area is 71.5 Å². The van der Waals surface area contributed by atoms with Crippen molar-refractivity contribution in [2.75, 3.05) is 13.2 Å². The van der Waals surface area contributed by atoms with Crippen LogP contribution in [0.3, 0.4) is 0 Å². The zero-order valence-corrected chi connectivity index (χ0v) is 7.16. The van der Waals surface area contributed by atoms with Gasteiger partial charge in [-0.25, -0.2) is 4.79 Å². The van der Waals surface area contributed by atoms with Gasteiger partial charge in [0.2, 0.25) is 0 Å². The molecule has 1 saturated heterocycles. The van der Waals surface area contributed by atoms with Crippen LogP contribution in [0.25, 0.3) is 0 Å². The molecule has 1 fully saturated rings. The van der Waals surface area contributed by atoms with Crippen molar-refractivity contribution in [3.05, 3.63) is 0 Å². The predicted octanol–water partition coefficient (Wildman–Crippen LogP) is 0.0894. The van der Waals surface area contributed by atoms with Gasteiger partial charge in [-0.1, -0.05) is 0 Å². The minimum Gasteiger partial charge on any atom is -0.464 e. The Morgan fingerprint density at radius 2 is 2.42 bits per heavy atom. The van der Waals surface area contributed by atoms with Crippen molar-refractivity contribution >= 4 is 5.97 Å². The van der Waals surface area contributed by atoms with Gasteiger partial charge in [0.1, 0.15) is 0 Å². The Morgan fingerprint density at radius 1 is 1.67 bits per heavy atom. The Kier molecular flexibility index (Phi) is 3.49. The Bertz CT molecular complexity index is 149. The lowest BCUT2D eigenvalue weighted by Gasteiger charge is -2.24. The third-order valence-electron chi connectivity index (χ3n) is 1.80. The Balaban J connectivity index is 2.29. The number of rotatable bonds is 2. The Morgan fingerprint density at radius 3 is 2.92 bits per heavy atom. The van der Waals surface area contributed by atoms with E-state index in [0.717, 1.165) is 0 Å². The molecular formula is C8H14O4. The van der Waals surface area contributed by atoms with E-state index < -0.39 is 12.2 Å². The van der Waals surface area contributed by atoms with Crippen molar-refractivity contribution in [1.29, 1.82) is 0 Å². The monoisotopic (exact) mass is 174 g/mol. The molecule has 4 nitrogen and oxygen atoms in total. The van der Waals surface area contributed by atoms with Gasteiger partial charge in [0.25, 0.3) is 0 Å². The minimum absolute atomic E-state index is 0.240. The van der Waals surface area contributed by atoms with Crippen molar-refractivity contribution in [1.82, 2.24) is 0 Å². The van der Waals surface area contributed by atoms with Crippen molar-refractivity contribution in [3.63, 3.8) is 0 Å². The fourth-order valence-corrected chi connectivity index (χ4v) is 1.16. The first-order chi connectivity index (χ1) is 5.74. The summed E-state index contributed by atoms with van der Waals surface area (Å²) in [6, 6.07) is 0. The highest BCUT2D eigenvalue weighted by Gasteiger charge is 2.26. The van der Waals surface area contributed by atoms with E-state index in [4.69, 9.17) is 14.6 Å². The fraction of sp³-hybridized carbons (Fsp3) is 0.875. The summed E-state index contributed by atoms with van der Waals surface area (Å²) < 4.78 is 9.85. The zero-order chi connectivity index (χ0) is 8.97. The molecule has 0 spiro atoms. The summed E-state index contributed by atoms with van der Waals surface area (Å²) in [7, 11) is 0. The van der Waals surface area contributed by atoms with E-state index in [-0.39, 0.29) is 12.6 Å². The van der Waals surface area contributed by atoms with Crippen molar-refractivity contribution in [2.45, 2.75) is 32.0 Å². The number of esters is 1. The molecule has 0 aromatic heterocycles. The summed E-state index contributed by atoms with van der Waals surface area (Å²) in [4.78, 5) is 11.1. The molecule has 12 heavy (non-hydrogen) atoms. The second kappa shape index (κ2) is 4.42. The van der Waals surface area contributed by atoms with Gasteiger partial charge < -0.3 is 14.6 Å². The first-order valence-corrected chi connectivity index (χ1v) is 4.20. The maximum absolute atomic E-state index is 11.1. The summed E-state index contributed by atoms with van der Waals surface area (Å²) in [5.41, 5.74) is 0. The highest BCUT2D eigenvalue weighted by molar-refractivity contribution is 5.74. The summed E-state index contributed by atoms with van der Waals surface area (Å²) in [6.07, 6.45) is 0.285. The molecule has 0 aromatic carbocycles. The third-order valence-corrected chi connectivity index (χ3v) is 1.80. The first-order valence-electron chi connectivity index (χ1n) is 4.20. The number of hydrogen-bond donors (Lipinski definition) is 1. The van der Waals surface area contributed by atoms with E-state index in [9.17, 15) is 4.79 Å². The van der Waals surface area contributed by atoms with E-state index >= 15 is 0 Å². The van der Waals surface area contributed by atoms with Gasteiger partial charge in [0.05, 0.1) is 19.3 Å². The molecule has 0 saturated carbocycles. The average molecular weight is 174 g/mol. The highest BCUT2D eigenvalue weighted by atomic mass is 16.6. The summed E-state index contributed by atoms with van der Waals surface area (Å²) in [6.45, 7) is 2.38. The van der Waals surface area contributed by atoms with E-state index in [1.165, 1.54) is 0 Å². The summed E-state index contributed by atoms with van der Waals surface area (Å²) in [5, 5.41) is 9.06. The van der Waals surface area contributed by atoms with Crippen LogP contribution < -0.4 is 0 Å². The maximum atomic E-state index is 11.1. The molecule has 0 bridgehead atoms. The topological polar surface area (TPSA) is 55.8 Å². The van der Waals surface area contributed by atoms with E-state index in [0.29, 0.717) is 19.4 Å². The molecule has 4 heteroatoms. The van der Waals surface area contributed by atoms with Gasteiger partial charge in [0.15, 0.2) is 6.10 Å². The predicted molar refractivity (Wildman–Crippen MR) is 41.6 cm³/mol. The van der Waals surface area contributed by atoms with E-state index in [1.807, 2.05) is 0 Å². The Hall–Kier alpha value is -0.610. The van der Waals surface area contributed by atoms with Gasteiger partial charge in [-0.2, -0.15) is 0 Å². The van der Waals surface area contributed by atoms with Crippen molar-refractivity contribution in [2.24, 2.45) is 0 Å². The maximum Gasteiger partial charge on any atom is 0.335 e. The molecule has 2 atom stereocenters. The van der Waals surface area contributed by atoms with Gasteiger partial charge in [0, 0.05) is 0 Å². The van der Waals surface area contributed by atoms with E-state index in [1.54, 1.807) is 6.92 Å². The van der Waals surface area contributed by atoms with Crippen molar-refractivity contribution < 1.29 is 19.4 Å². The molecule has 0 unspecified atom stereocenters. The SMILES string of the molecule is CCOC(=O)[C@@H]1CC[C@@H](O)CO1. The fourth-order valence-electron chi connectivity index (χ4n) is 1.16. The zero-order valence-electron chi connectivity index (χ0n) is 7.16. The number of hydrogen-bond acceptors (Lipinski definition) is 4. The molecule has 0 aliphatic carbocycles. The van der Waals surface area contributed by atoms with E-state index in [2.05, 4.69) is 0 Å². The van der Waals surface area contributed by atoms with Crippen LogP contribution in [0.2, 0.25) is 0 Å². The van der Waals surface area contributed by atoms with Crippen LogP contribution in [-0.4, -0.2) is 36.5 Å². The molecule has 70 valence electrons. The second-order valence-electron chi connectivity index (χ2n) is 2.81. The lowest BCUT2D eigenvalue weighted by Crippen LogP contribution is -2.35. The standard InChI is InChI=1S/C8H14O4/c1-2-11-8(10)7-4-3-6(9)5-12-7/h6-7,9H,2-5H2,1H3/t6-,7+/m1/s1. The molecule has 1 rings (SSSR count). The molecule has 1 aliphatic heterocycles. The number of carbonyl (C=O) groups excluding carboxylic acids is 1. The number of ether oxygens (including phenoxy) is 2. The quantitative estimate of drug-likeness (QED) is 0.603. The van der Waals surface area contributed by atoms with Crippen LogP contribution in [-0.2, 0) is 14.3 Å². The molecule has 1 heterocycles. The average Bonchev–Trinajstić information content (AvgIpc) is 2.06. The van der Waals surface area contributed by atoms with Crippen LogP contribution in [0.1, 0.15) is 19.8 Å². The molecule has 1 aliphatic rings. The molecule has 0 radical (unpaired) electrons. The highest BCUT2D eigenvalue weighted by Crippen LogP contribution is 2.14. The largest absolute Gasteiger partial charge is 0.464 e. The van der Waals surface area contributed by atoms with Gasteiger partial charge in [-0.15, -0.1) is 0 Å². The molecule has 0 amide bonds. The lowest BCUT2D eigenvalue weighted by atomic mass is 10.1. The second-order valence-corrected chi connectivity index (χ2v) is 2.81. The van der Waals surface area contributed by atoms with Gasteiger partial charge >= 0.3 is 5.97 Å². The molecule has 0 aromatic rings. The first kappa shape index (κ1) is 9.48. The number of aliphatic hydroxyl groups excluding tert-OH is 1. The lowest BCUT2D eigenvalue weighted by molar-refractivity contribution is -0.163. The minimum atomic E-state index is -0.464. The van der Waals surface area contributed by atoms with Crippen LogP contribution in [0, 0.1) is 0 Å².